The van der Waals surface area contributed by atoms with Gasteiger partial charge < -0.3 is 9.47 Å². The fourth-order valence-electron chi connectivity index (χ4n) is 1.54. The summed E-state index contributed by atoms with van der Waals surface area (Å²) in [6.45, 7) is 2.30. The first-order valence-corrected chi connectivity index (χ1v) is 6.09. The lowest BCUT2D eigenvalue weighted by Crippen LogP contribution is -2.04. The number of hydrogen-bond donors (Lipinski definition) is 0. The molecule has 0 unspecified atom stereocenters. The molecule has 0 atom stereocenters. The number of nitrogens with zero attached hydrogens (tertiary/aromatic N) is 1. The molecule has 1 fully saturated rings. The van der Waals surface area contributed by atoms with Gasteiger partial charge in [0.05, 0.1) is 18.2 Å². The second kappa shape index (κ2) is 6.27. The molecule has 1 aliphatic carbocycles. The lowest BCUT2D eigenvalue weighted by atomic mass is 10.2. The van der Waals surface area contributed by atoms with Gasteiger partial charge in [-0.1, -0.05) is 6.07 Å². The van der Waals surface area contributed by atoms with Crippen LogP contribution in [0, 0.1) is 17.2 Å². The van der Waals surface area contributed by atoms with E-state index >= 15 is 0 Å². The number of nitriles is 1. The average molecular weight is 231 g/mol. The molecule has 0 aliphatic heterocycles. The molecule has 1 saturated carbocycles. The molecule has 3 nitrogen and oxygen atoms in total. The summed E-state index contributed by atoms with van der Waals surface area (Å²) in [5, 5.41) is 8.74. The van der Waals surface area contributed by atoms with Crippen LogP contribution in [-0.4, -0.2) is 19.8 Å². The summed E-state index contributed by atoms with van der Waals surface area (Å²) < 4.78 is 11.0. The Morgan fingerprint density at radius 3 is 2.94 bits per heavy atom. The molecule has 1 aromatic rings. The van der Waals surface area contributed by atoms with Crippen LogP contribution in [0.1, 0.15) is 24.8 Å². The fraction of sp³-hybridized carbons (Fsp3) is 0.500. The molecule has 0 radical (unpaired) electrons. The SMILES string of the molecule is N#Cc1cccc(OCCCOCC2CC2)c1. The van der Waals surface area contributed by atoms with E-state index in [2.05, 4.69) is 6.07 Å². The lowest BCUT2D eigenvalue weighted by Gasteiger charge is -2.06. The van der Waals surface area contributed by atoms with Crippen molar-refractivity contribution in [2.24, 2.45) is 5.92 Å². The van der Waals surface area contributed by atoms with Gasteiger partial charge in [-0.05, 0) is 37.0 Å². The first-order valence-electron chi connectivity index (χ1n) is 6.09. The predicted molar refractivity (Wildman–Crippen MR) is 64.8 cm³/mol. The zero-order valence-corrected chi connectivity index (χ0v) is 9.89. The molecule has 0 heterocycles. The maximum Gasteiger partial charge on any atom is 0.120 e. The van der Waals surface area contributed by atoms with Crippen molar-refractivity contribution in [3.05, 3.63) is 29.8 Å². The van der Waals surface area contributed by atoms with E-state index in [-0.39, 0.29) is 0 Å². The number of rotatable bonds is 7. The molecule has 17 heavy (non-hydrogen) atoms. The van der Waals surface area contributed by atoms with Crippen LogP contribution in [0.3, 0.4) is 0 Å². The molecule has 90 valence electrons. The van der Waals surface area contributed by atoms with E-state index in [0.717, 1.165) is 31.3 Å². The van der Waals surface area contributed by atoms with E-state index in [1.165, 1.54) is 12.8 Å². The Labute approximate surface area is 102 Å². The van der Waals surface area contributed by atoms with Crippen molar-refractivity contribution in [1.82, 2.24) is 0 Å². The second-order valence-electron chi connectivity index (χ2n) is 4.36. The third-order valence-electron chi connectivity index (χ3n) is 2.72. The normalized spacial score (nSPS) is 14.3. The molecular formula is C14H17NO2. The summed E-state index contributed by atoms with van der Waals surface area (Å²) in [6.07, 6.45) is 3.55. The third kappa shape index (κ3) is 4.46. The molecule has 0 amide bonds. The van der Waals surface area contributed by atoms with Crippen LogP contribution >= 0.6 is 0 Å². The van der Waals surface area contributed by atoms with E-state index in [4.69, 9.17) is 14.7 Å². The van der Waals surface area contributed by atoms with Crippen LogP contribution in [0.4, 0.5) is 0 Å². The second-order valence-corrected chi connectivity index (χ2v) is 4.36. The summed E-state index contributed by atoms with van der Waals surface area (Å²) in [7, 11) is 0. The van der Waals surface area contributed by atoms with E-state index in [1.807, 2.05) is 12.1 Å². The minimum Gasteiger partial charge on any atom is -0.493 e. The van der Waals surface area contributed by atoms with Crippen molar-refractivity contribution in [2.75, 3.05) is 19.8 Å². The Morgan fingerprint density at radius 1 is 1.29 bits per heavy atom. The smallest absolute Gasteiger partial charge is 0.120 e. The molecule has 1 aromatic carbocycles. The standard InChI is InChI=1S/C14H17NO2/c15-10-13-3-1-4-14(9-13)17-8-2-7-16-11-12-5-6-12/h1,3-4,9,12H,2,5-8,11H2. The zero-order valence-electron chi connectivity index (χ0n) is 9.89. The quantitative estimate of drug-likeness (QED) is 0.678. The molecule has 1 aliphatic rings. The summed E-state index contributed by atoms with van der Waals surface area (Å²) >= 11 is 0. The lowest BCUT2D eigenvalue weighted by molar-refractivity contribution is 0.111. The van der Waals surface area contributed by atoms with Crippen molar-refractivity contribution >= 4 is 0 Å². The molecule has 3 heteroatoms. The Morgan fingerprint density at radius 2 is 2.18 bits per heavy atom. The molecule has 0 bridgehead atoms. The highest BCUT2D eigenvalue weighted by Crippen LogP contribution is 2.28. The number of hydrogen-bond acceptors (Lipinski definition) is 3. The Kier molecular flexibility index (Phi) is 4.40. The zero-order chi connectivity index (χ0) is 11.9. The van der Waals surface area contributed by atoms with E-state index in [9.17, 15) is 0 Å². The Hall–Kier alpha value is -1.53. The van der Waals surface area contributed by atoms with Gasteiger partial charge in [0.1, 0.15) is 5.75 Å². The average Bonchev–Trinajstić information content (AvgIpc) is 3.18. The van der Waals surface area contributed by atoms with Crippen molar-refractivity contribution in [1.29, 1.82) is 5.26 Å². The first-order chi connectivity index (χ1) is 8.38. The highest BCUT2D eigenvalue weighted by Gasteiger charge is 2.20. The summed E-state index contributed by atoms with van der Waals surface area (Å²) in [6, 6.07) is 9.32. The first kappa shape index (κ1) is 11.9. The van der Waals surface area contributed by atoms with E-state index < -0.39 is 0 Å². The summed E-state index contributed by atoms with van der Waals surface area (Å²) in [4.78, 5) is 0. The monoisotopic (exact) mass is 231 g/mol. The molecule has 0 spiro atoms. The predicted octanol–water partition coefficient (Wildman–Crippen LogP) is 2.75. The third-order valence-corrected chi connectivity index (χ3v) is 2.72. The van der Waals surface area contributed by atoms with Gasteiger partial charge in [-0.25, -0.2) is 0 Å². The maximum atomic E-state index is 8.74. The van der Waals surface area contributed by atoms with Crippen LogP contribution in [0.5, 0.6) is 5.75 Å². The van der Waals surface area contributed by atoms with Crippen LogP contribution in [-0.2, 0) is 4.74 Å². The Balaban J connectivity index is 1.58. The van der Waals surface area contributed by atoms with E-state index in [1.54, 1.807) is 12.1 Å². The molecular weight excluding hydrogens is 214 g/mol. The number of benzene rings is 1. The summed E-state index contributed by atoms with van der Waals surface area (Å²) in [5.74, 6) is 1.58. The van der Waals surface area contributed by atoms with Crippen molar-refractivity contribution in [3.8, 4) is 11.8 Å². The molecule has 0 aromatic heterocycles. The molecule has 0 N–H and O–H groups in total. The van der Waals surface area contributed by atoms with Gasteiger partial charge in [0.2, 0.25) is 0 Å². The maximum absolute atomic E-state index is 8.74. The largest absolute Gasteiger partial charge is 0.493 e. The minimum atomic E-state index is 0.632. The van der Waals surface area contributed by atoms with Crippen molar-refractivity contribution in [3.63, 3.8) is 0 Å². The van der Waals surface area contributed by atoms with E-state index in [0.29, 0.717) is 12.2 Å². The fourth-order valence-corrected chi connectivity index (χ4v) is 1.54. The van der Waals surface area contributed by atoms with Crippen molar-refractivity contribution < 1.29 is 9.47 Å². The summed E-state index contributed by atoms with van der Waals surface area (Å²) in [5.41, 5.74) is 0.632. The van der Waals surface area contributed by atoms with Crippen LogP contribution in [0.15, 0.2) is 24.3 Å². The van der Waals surface area contributed by atoms with Gasteiger partial charge in [-0.3, -0.25) is 0 Å². The van der Waals surface area contributed by atoms with Gasteiger partial charge in [0, 0.05) is 19.6 Å². The molecule has 0 saturated heterocycles. The Bertz CT molecular complexity index is 393. The number of ether oxygens (including phenoxy) is 2. The van der Waals surface area contributed by atoms with Gasteiger partial charge in [0.15, 0.2) is 0 Å². The topological polar surface area (TPSA) is 42.2 Å². The van der Waals surface area contributed by atoms with Gasteiger partial charge in [0.25, 0.3) is 0 Å². The van der Waals surface area contributed by atoms with Gasteiger partial charge >= 0.3 is 0 Å². The van der Waals surface area contributed by atoms with Crippen molar-refractivity contribution in [2.45, 2.75) is 19.3 Å². The van der Waals surface area contributed by atoms with Gasteiger partial charge in [-0.2, -0.15) is 5.26 Å². The van der Waals surface area contributed by atoms with Crippen LogP contribution < -0.4 is 4.74 Å². The highest BCUT2D eigenvalue weighted by molar-refractivity contribution is 5.36. The highest BCUT2D eigenvalue weighted by atomic mass is 16.5. The van der Waals surface area contributed by atoms with Crippen LogP contribution in [0.25, 0.3) is 0 Å². The minimum absolute atomic E-state index is 0.632. The van der Waals surface area contributed by atoms with Gasteiger partial charge in [-0.15, -0.1) is 0 Å². The molecule has 2 rings (SSSR count). The van der Waals surface area contributed by atoms with Crippen LogP contribution in [0.2, 0.25) is 0 Å².